The molecule has 0 unspecified atom stereocenters. The third kappa shape index (κ3) is 3.01. The SMILES string of the molecule is COc1cccc(-c2ncc(CC(=O)NN)c(=O)[nH]2)c1. The van der Waals surface area contributed by atoms with E-state index in [1.807, 2.05) is 5.43 Å². The molecule has 20 heavy (non-hydrogen) atoms. The largest absolute Gasteiger partial charge is 0.497 e. The number of carbonyl (C=O) groups is 1. The molecule has 0 spiro atoms. The van der Waals surface area contributed by atoms with Crippen molar-refractivity contribution in [3.05, 3.63) is 46.4 Å². The molecule has 0 saturated heterocycles. The Balaban J connectivity index is 2.33. The van der Waals surface area contributed by atoms with Gasteiger partial charge in [0, 0.05) is 17.3 Å². The zero-order valence-corrected chi connectivity index (χ0v) is 10.8. The number of amides is 1. The third-order valence-corrected chi connectivity index (χ3v) is 2.73. The Labute approximate surface area is 114 Å². The molecule has 2 aromatic rings. The first-order valence-electron chi connectivity index (χ1n) is 5.86. The molecule has 4 N–H and O–H groups in total. The van der Waals surface area contributed by atoms with Crippen LogP contribution in [0.5, 0.6) is 5.75 Å². The van der Waals surface area contributed by atoms with Gasteiger partial charge in [-0.05, 0) is 12.1 Å². The van der Waals surface area contributed by atoms with Crippen molar-refractivity contribution in [2.24, 2.45) is 5.84 Å². The van der Waals surface area contributed by atoms with Crippen molar-refractivity contribution in [2.45, 2.75) is 6.42 Å². The van der Waals surface area contributed by atoms with Crippen LogP contribution in [-0.2, 0) is 11.2 Å². The lowest BCUT2D eigenvalue weighted by molar-refractivity contribution is -0.120. The number of nitrogens with two attached hydrogens (primary N) is 1. The fourth-order valence-corrected chi connectivity index (χ4v) is 1.69. The van der Waals surface area contributed by atoms with Crippen LogP contribution in [0.3, 0.4) is 0 Å². The van der Waals surface area contributed by atoms with Gasteiger partial charge in [0.05, 0.1) is 13.5 Å². The number of H-pyrrole nitrogens is 1. The van der Waals surface area contributed by atoms with Gasteiger partial charge >= 0.3 is 0 Å². The maximum atomic E-state index is 11.9. The van der Waals surface area contributed by atoms with Gasteiger partial charge in [0.25, 0.3) is 5.56 Å². The number of aromatic nitrogens is 2. The van der Waals surface area contributed by atoms with E-state index in [1.54, 1.807) is 31.4 Å². The average molecular weight is 274 g/mol. The Hall–Kier alpha value is -2.67. The molecule has 1 amide bonds. The molecule has 0 saturated carbocycles. The van der Waals surface area contributed by atoms with Crippen molar-refractivity contribution in [1.82, 2.24) is 15.4 Å². The van der Waals surface area contributed by atoms with Gasteiger partial charge in [-0.15, -0.1) is 0 Å². The van der Waals surface area contributed by atoms with E-state index in [2.05, 4.69) is 9.97 Å². The van der Waals surface area contributed by atoms with Gasteiger partial charge in [-0.2, -0.15) is 0 Å². The van der Waals surface area contributed by atoms with Crippen molar-refractivity contribution < 1.29 is 9.53 Å². The summed E-state index contributed by atoms with van der Waals surface area (Å²) in [6.07, 6.45) is 1.25. The van der Waals surface area contributed by atoms with Crippen molar-refractivity contribution >= 4 is 5.91 Å². The van der Waals surface area contributed by atoms with Gasteiger partial charge in [-0.25, -0.2) is 10.8 Å². The number of benzene rings is 1. The second kappa shape index (κ2) is 5.98. The minimum absolute atomic E-state index is 0.114. The number of carbonyl (C=O) groups excluding carboxylic acids is 1. The van der Waals surface area contributed by atoms with Crippen LogP contribution in [0.15, 0.2) is 35.3 Å². The lowest BCUT2D eigenvalue weighted by Crippen LogP contribution is -2.33. The summed E-state index contributed by atoms with van der Waals surface area (Å²) in [5.41, 5.74) is 2.56. The molecular weight excluding hydrogens is 260 g/mol. The summed E-state index contributed by atoms with van der Waals surface area (Å²) in [6, 6.07) is 7.14. The van der Waals surface area contributed by atoms with Crippen LogP contribution in [-0.4, -0.2) is 23.0 Å². The van der Waals surface area contributed by atoms with E-state index in [1.165, 1.54) is 6.20 Å². The number of rotatable bonds is 4. The van der Waals surface area contributed by atoms with Gasteiger partial charge < -0.3 is 9.72 Å². The molecule has 0 aliphatic heterocycles. The molecule has 1 aromatic carbocycles. The first-order valence-corrected chi connectivity index (χ1v) is 5.86. The van der Waals surface area contributed by atoms with E-state index in [0.29, 0.717) is 11.6 Å². The Morgan fingerprint density at radius 3 is 2.95 bits per heavy atom. The van der Waals surface area contributed by atoms with E-state index in [9.17, 15) is 9.59 Å². The van der Waals surface area contributed by atoms with E-state index in [4.69, 9.17) is 10.6 Å². The van der Waals surface area contributed by atoms with E-state index in [-0.39, 0.29) is 17.5 Å². The predicted molar refractivity (Wildman–Crippen MR) is 72.9 cm³/mol. The molecule has 104 valence electrons. The van der Waals surface area contributed by atoms with Crippen LogP contribution in [0.25, 0.3) is 11.4 Å². The molecule has 0 aliphatic carbocycles. The lowest BCUT2D eigenvalue weighted by atomic mass is 10.2. The molecule has 0 radical (unpaired) electrons. The van der Waals surface area contributed by atoms with E-state index >= 15 is 0 Å². The Kier molecular flexibility index (Phi) is 4.11. The zero-order chi connectivity index (χ0) is 14.5. The van der Waals surface area contributed by atoms with Crippen LogP contribution in [0.4, 0.5) is 0 Å². The highest BCUT2D eigenvalue weighted by molar-refractivity contribution is 5.77. The average Bonchev–Trinajstić information content (AvgIpc) is 2.49. The molecule has 7 heteroatoms. The normalized spacial score (nSPS) is 10.1. The van der Waals surface area contributed by atoms with Crippen LogP contribution in [0, 0.1) is 0 Å². The molecule has 0 fully saturated rings. The summed E-state index contributed by atoms with van der Waals surface area (Å²) >= 11 is 0. The van der Waals surface area contributed by atoms with E-state index in [0.717, 1.165) is 5.56 Å². The molecule has 0 atom stereocenters. The second-order valence-corrected chi connectivity index (χ2v) is 4.06. The van der Waals surface area contributed by atoms with Crippen molar-refractivity contribution in [3.8, 4) is 17.1 Å². The topological polar surface area (TPSA) is 110 Å². The first-order chi connectivity index (χ1) is 9.63. The van der Waals surface area contributed by atoms with Crippen LogP contribution in [0.1, 0.15) is 5.56 Å². The summed E-state index contributed by atoms with van der Waals surface area (Å²) in [5.74, 6) is 5.60. The van der Waals surface area contributed by atoms with Gasteiger partial charge in [-0.1, -0.05) is 12.1 Å². The quantitative estimate of drug-likeness (QED) is 0.412. The molecule has 7 nitrogen and oxygen atoms in total. The predicted octanol–water partition coefficient (Wildman–Crippen LogP) is -0.0221. The third-order valence-electron chi connectivity index (χ3n) is 2.73. The Morgan fingerprint density at radius 1 is 1.50 bits per heavy atom. The number of nitrogens with zero attached hydrogens (tertiary/aromatic N) is 1. The summed E-state index contributed by atoms with van der Waals surface area (Å²) < 4.78 is 5.11. The summed E-state index contributed by atoms with van der Waals surface area (Å²) in [6.45, 7) is 0. The number of hydrogen-bond acceptors (Lipinski definition) is 5. The number of methoxy groups -OCH3 is 1. The van der Waals surface area contributed by atoms with Crippen molar-refractivity contribution in [3.63, 3.8) is 0 Å². The standard InChI is InChI=1S/C13H14N4O3/c1-20-10-4-2-3-8(5-10)12-15-7-9(13(19)16-12)6-11(18)17-14/h2-5,7H,6,14H2,1H3,(H,17,18)(H,15,16,19). The maximum absolute atomic E-state index is 11.9. The number of aromatic amines is 1. The van der Waals surface area contributed by atoms with E-state index < -0.39 is 5.91 Å². The first kappa shape index (κ1) is 13.8. The van der Waals surface area contributed by atoms with Crippen LogP contribution >= 0.6 is 0 Å². The molecular formula is C13H14N4O3. The second-order valence-electron chi connectivity index (χ2n) is 4.06. The Morgan fingerprint density at radius 2 is 2.30 bits per heavy atom. The van der Waals surface area contributed by atoms with Gasteiger partial charge in [-0.3, -0.25) is 15.0 Å². The smallest absolute Gasteiger partial charge is 0.254 e. The fraction of sp³-hybridized carbons (Fsp3) is 0.154. The van der Waals surface area contributed by atoms with Crippen molar-refractivity contribution in [1.29, 1.82) is 0 Å². The van der Waals surface area contributed by atoms with Crippen molar-refractivity contribution in [2.75, 3.05) is 7.11 Å². The minimum Gasteiger partial charge on any atom is -0.497 e. The van der Waals surface area contributed by atoms with Gasteiger partial charge in [0.15, 0.2) is 0 Å². The molecule has 0 bridgehead atoms. The number of hydrogen-bond donors (Lipinski definition) is 3. The zero-order valence-electron chi connectivity index (χ0n) is 10.8. The monoisotopic (exact) mass is 274 g/mol. The highest BCUT2D eigenvalue weighted by Gasteiger charge is 2.08. The number of hydrazine groups is 1. The lowest BCUT2D eigenvalue weighted by Gasteiger charge is -2.05. The maximum Gasteiger partial charge on any atom is 0.254 e. The minimum atomic E-state index is -0.452. The number of ether oxygens (including phenoxy) is 1. The summed E-state index contributed by atoms with van der Waals surface area (Å²) in [4.78, 5) is 29.8. The molecule has 1 heterocycles. The summed E-state index contributed by atoms with van der Waals surface area (Å²) in [5, 5.41) is 0. The fourth-order valence-electron chi connectivity index (χ4n) is 1.69. The molecule has 2 rings (SSSR count). The van der Waals surface area contributed by atoms with Gasteiger partial charge in [0.2, 0.25) is 5.91 Å². The Bertz CT molecular complexity index is 681. The number of nitrogens with one attached hydrogen (secondary N) is 2. The molecule has 0 aliphatic rings. The molecule has 1 aromatic heterocycles. The highest BCUT2D eigenvalue weighted by Crippen LogP contribution is 2.19. The van der Waals surface area contributed by atoms with Crippen LogP contribution < -0.4 is 21.6 Å². The highest BCUT2D eigenvalue weighted by atomic mass is 16.5. The van der Waals surface area contributed by atoms with Gasteiger partial charge in [0.1, 0.15) is 11.6 Å². The summed E-state index contributed by atoms with van der Waals surface area (Å²) in [7, 11) is 1.56. The van der Waals surface area contributed by atoms with Crippen LogP contribution in [0.2, 0.25) is 0 Å².